The van der Waals surface area contributed by atoms with E-state index in [1.165, 1.54) is 6.92 Å². The quantitative estimate of drug-likeness (QED) is 0.611. The Balaban J connectivity index is 2.28. The Morgan fingerprint density at radius 3 is 2.55 bits per heavy atom. The Hall–Kier alpha value is -0.610. The van der Waals surface area contributed by atoms with Crippen LogP contribution in [-0.4, -0.2) is 31.5 Å². The van der Waals surface area contributed by atoms with E-state index in [9.17, 15) is 4.79 Å². The molecule has 11 heavy (non-hydrogen) atoms. The molecule has 0 aliphatic carbocycles. The van der Waals surface area contributed by atoms with E-state index >= 15 is 0 Å². The van der Waals surface area contributed by atoms with Crippen LogP contribution in [0.4, 0.5) is 0 Å². The van der Waals surface area contributed by atoms with Crippen molar-refractivity contribution in [3.63, 3.8) is 0 Å². The SMILES string of the molecule is CC(=O)NCC1(C)OCCO1. The Kier molecular flexibility index (Phi) is 2.46. The summed E-state index contributed by atoms with van der Waals surface area (Å²) in [4.78, 5) is 10.5. The fourth-order valence-electron chi connectivity index (χ4n) is 0.944. The summed E-state index contributed by atoms with van der Waals surface area (Å²) in [5, 5.41) is 2.64. The number of carbonyl (C=O) groups is 1. The second-order valence-corrected chi connectivity index (χ2v) is 2.74. The van der Waals surface area contributed by atoms with Crippen molar-refractivity contribution in [1.82, 2.24) is 5.32 Å². The molecule has 1 rings (SSSR count). The van der Waals surface area contributed by atoms with Crippen LogP contribution in [0.25, 0.3) is 0 Å². The summed E-state index contributed by atoms with van der Waals surface area (Å²) in [6, 6.07) is 0. The van der Waals surface area contributed by atoms with Crippen molar-refractivity contribution >= 4 is 5.91 Å². The van der Waals surface area contributed by atoms with Crippen LogP contribution in [0.2, 0.25) is 0 Å². The van der Waals surface area contributed by atoms with Gasteiger partial charge in [0.05, 0.1) is 19.8 Å². The summed E-state index contributed by atoms with van der Waals surface area (Å²) >= 11 is 0. The van der Waals surface area contributed by atoms with Gasteiger partial charge in [-0.15, -0.1) is 0 Å². The molecule has 0 radical (unpaired) electrons. The molecule has 1 N–H and O–H groups in total. The average Bonchev–Trinajstić information content (AvgIpc) is 2.33. The largest absolute Gasteiger partial charge is 0.351 e. The second-order valence-electron chi connectivity index (χ2n) is 2.74. The minimum Gasteiger partial charge on any atom is -0.351 e. The first-order valence-corrected chi connectivity index (χ1v) is 3.65. The highest BCUT2D eigenvalue weighted by Gasteiger charge is 2.30. The molecule has 64 valence electrons. The Morgan fingerprint density at radius 1 is 1.55 bits per heavy atom. The van der Waals surface area contributed by atoms with Gasteiger partial charge in [-0.3, -0.25) is 4.79 Å². The van der Waals surface area contributed by atoms with E-state index in [0.717, 1.165) is 0 Å². The normalized spacial score (nSPS) is 21.6. The number of hydrogen-bond acceptors (Lipinski definition) is 3. The topological polar surface area (TPSA) is 47.6 Å². The van der Waals surface area contributed by atoms with E-state index in [4.69, 9.17) is 9.47 Å². The van der Waals surface area contributed by atoms with Gasteiger partial charge in [0, 0.05) is 6.92 Å². The molecule has 0 aromatic carbocycles. The lowest BCUT2D eigenvalue weighted by atomic mass is 10.3. The molecule has 0 aromatic rings. The number of carbonyl (C=O) groups excluding carboxylic acids is 1. The van der Waals surface area contributed by atoms with E-state index in [-0.39, 0.29) is 5.91 Å². The first-order valence-electron chi connectivity index (χ1n) is 3.65. The summed E-state index contributed by atoms with van der Waals surface area (Å²) in [6.45, 7) is 4.92. The minimum atomic E-state index is -0.605. The maximum Gasteiger partial charge on any atom is 0.217 e. The molecule has 1 amide bonds. The highest BCUT2D eigenvalue weighted by molar-refractivity contribution is 5.72. The van der Waals surface area contributed by atoms with Gasteiger partial charge in [-0.2, -0.15) is 0 Å². The lowest BCUT2D eigenvalue weighted by Gasteiger charge is -2.21. The fourth-order valence-corrected chi connectivity index (χ4v) is 0.944. The van der Waals surface area contributed by atoms with Crippen molar-refractivity contribution < 1.29 is 14.3 Å². The molecule has 0 atom stereocenters. The van der Waals surface area contributed by atoms with Gasteiger partial charge in [-0.25, -0.2) is 0 Å². The third-order valence-electron chi connectivity index (χ3n) is 1.56. The molecule has 0 bridgehead atoms. The van der Waals surface area contributed by atoms with Crippen LogP contribution in [0.3, 0.4) is 0 Å². The van der Waals surface area contributed by atoms with E-state index < -0.39 is 5.79 Å². The van der Waals surface area contributed by atoms with Crippen molar-refractivity contribution in [2.75, 3.05) is 19.8 Å². The maximum atomic E-state index is 10.5. The summed E-state index contributed by atoms with van der Waals surface area (Å²) in [5.74, 6) is -0.670. The Morgan fingerprint density at radius 2 is 2.09 bits per heavy atom. The van der Waals surface area contributed by atoms with Crippen molar-refractivity contribution in [3.05, 3.63) is 0 Å². The molecule has 0 unspecified atom stereocenters. The van der Waals surface area contributed by atoms with Crippen molar-refractivity contribution in [3.8, 4) is 0 Å². The van der Waals surface area contributed by atoms with Gasteiger partial charge in [0.25, 0.3) is 0 Å². The van der Waals surface area contributed by atoms with Crippen LogP contribution in [0.5, 0.6) is 0 Å². The van der Waals surface area contributed by atoms with Gasteiger partial charge in [0.15, 0.2) is 5.79 Å². The lowest BCUT2D eigenvalue weighted by molar-refractivity contribution is -0.144. The molecule has 1 aliphatic heterocycles. The zero-order valence-corrected chi connectivity index (χ0v) is 6.85. The monoisotopic (exact) mass is 159 g/mol. The van der Waals surface area contributed by atoms with Crippen LogP contribution >= 0.6 is 0 Å². The molecule has 0 spiro atoms. The summed E-state index contributed by atoms with van der Waals surface area (Å²) < 4.78 is 10.5. The molecular formula is C7H13NO3. The van der Waals surface area contributed by atoms with Gasteiger partial charge in [0.1, 0.15) is 0 Å². The van der Waals surface area contributed by atoms with Gasteiger partial charge in [0.2, 0.25) is 5.91 Å². The zero-order chi connectivity index (χ0) is 8.32. The summed E-state index contributed by atoms with van der Waals surface area (Å²) in [6.07, 6.45) is 0. The maximum absolute atomic E-state index is 10.5. The molecule has 1 fully saturated rings. The number of ether oxygens (including phenoxy) is 2. The standard InChI is InChI=1S/C7H13NO3/c1-6(9)8-5-7(2)10-3-4-11-7/h3-5H2,1-2H3,(H,8,9). The van der Waals surface area contributed by atoms with Crippen LogP contribution in [0.15, 0.2) is 0 Å². The first kappa shape index (κ1) is 8.49. The molecule has 4 nitrogen and oxygen atoms in total. The second kappa shape index (κ2) is 3.19. The number of hydrogen-bond donors (Lipinski definition) is 1. The van der Waals surface area contributed by atoms with Gasteiger partial charge in [-0.05, 0) is 6.92 Å². The van der Waals surface area contributed by atoms with Crippen LogP contribution in [0.1, 0.15) is 13.8 Å². The molecule has 4 heteroatoms. The zero-order valence-electron chi connectivity index (χ0n) is 6.85. The van der Waals surface area contributed by atoms with Gasteiger partial charge >= 0.3 is 0 Å². The van der Waals surface area contributed by atoms with E-state index in [1.807, 2.05) is 6.92 Å². The first-order chi connectivity index (χ1) is 5.12. The number of amides is 1. The third-order valence-corrected chi connectivity index (χ3v) is 1.56. The van der Waals surface area contributed by atoms with E-state index in [0.29, 0.717) is 19.8 Å². The molecule has 0 aromatic heterocycles. The third kappa shape index (κ3) is 2.48. The number of rotatable bonds is 2. The smallest absolute Gasteiger partial charge is 0.217 e. The lowest BCUT2D eigenvalue weighted by Crippen LogP contribution is -2.40. The molecule has 1 saturated heterocycles. The summed E-state index contributed by atoms with van der Waals surface area (Å²) in [5.41, 5.74) is 0. The molecular weight excluding hydrogens is 146 g/mol. The van der Waals surface area contributed by atoms with Gasteiger partial charge in [-0.1, -0.05) is 0 Å². The predicted octanol–water partition coefficient (Wildman–Crippen LogP) is -0.115. The molecule has 0 saturated carbocycles. The fraction of sp³-hybridized carbons (Fsp3) is 0.857. The van der Waals surface area contributed by atoms with Crippen LogP contribution < -0.4 is 5.32 Å². The Bertz CT molecular complexity index is 152. The van der Waals surface area contributed by atoms with Crippen molar-refractivity contribution in [2.45, 2.75) is 19.6 Å². The van der Waals surface area contributed by atoms with Crippen LogP contribution in [0, 0.1) is 0 Å². The van der Waals surface area contributed by atoms with Crippen molar-refractivity contribution in [2.24, 2.45) is 0 Å². The minimum absolute atomic E-state index is 0.0645. The highest BCUT2D eigenvalue weighted by atomic mass is 16.7. The average molecular weight is 159 g/mol. The number of nitrogens with one attached hydrogen (secondary N) is 1. The summed E-state index contributed by atoms with van der Waals surface area (Å²) in [7, 11) is 0. The Labute approximate surface area is 65.9 Å². The predicted molar refractivity (Wildman–Crippen MR) is 39.0 cm³/mol. The van der Waals surface area contributed by atoms with Gasteiger partial charge < -0.3 is 14.8 Å². The molecule has 1 heterocycles. The van der Waals surface area contributed by atoms with E-state index in [2.05, 4.69) is 5.32 Å². The van der Waals surface area contributed by atoms with E-state index in [1.54, 1.807) is 0 Å². The van der Waals surface area contributed by atoms with Crippen molar-refractivity contribution in [1.29, 1.82) is 0 Å². The molecule has 1 aliphatic rings. The van der Waals surface area contributed by atoms with Crippen LogP contribution in [-0.2, 0) is 14.3 Å². The highest BCUT2D eigenvalue weighted by Crippen LogP contribution is 2.16.